The number of piperazine rings is 1. The number of hydrogen-bond acceptors (Lipinski definition) is 3. The lowest BCUT2D eigenvalue weighted by Crippen LogP contribution is -2.50. The van der Waals surface area contributed by atoms with E-state index in [1.165, 1.54) is 6.07 Å². The van der Waals surface area contributed by atoms with Crippen LogP contribution in [0.3, 0.4) is 0 Å². The molecule has 2 amide bonds. The summed E-state index contributed by atoms with van der Waals surface area (Å²) in [5, 5.41) is 0.416. The van der Waals surface area contributed by atoms with Crippen molar-refractivity contribution in [1.82, 2.24) is 14.7 Å². The Morgan fingerprint density at radius 2 is 1.64 bits per heavy atom. The van der Waals surface area contributed by atoms with Crippen molar-refractivity contribution in [3.05, 3.63) is 70.2 Å². The van der Waals surface area contributed by atoms with Crippen molar-refractivity contribution in [3.63, 3.8) is 0 Å². The third kappa shape index (κ3) is 5.17. The lowest BCUT2D eigenvalue weighted by atomic mass is 9.87. The summed E-state index contributed by atoms with van der Waals surface area (Å²) >= 11 is 6.03. The monoisotopic (exact) mass is 479 g/mol. The van der Waals surface area contributed by atoms with E-state index < -0.39 is 23.6 Å². The molecule has 2 aromatic carbocycles. The summed E-state index contributed by atoms with van der Waals surface area (Å²) in [5.41, 5.74) is 0.0436. The van der Waals surface area contributed by atoms with E-state index in [1.807, 2.05) is 7.05 Å². The summed E-state index contributed by atoms with van der Waals surface area (Å²) in [6.07, 6.45) is -4.48. The van der Waals surface area contributed by atoms with Gasteiger partial charge >= 0.3 is 6.18 Å². The van der Waals surface area contributed by atoms with Gasteiger partial charge in [0.05, 0.1) is 11.5 Å². The second kappa shape index (κ2) is 9.35. The molecule has 2 aliphatic rings. The summed E-state index contributed by atoms with van der Waals surface area (Å²) in [7, 11) is 1.98. The Kier molecular flexibility index (Phi) is 6.68. The minimum Gasteiger partial charge on any atom is -0.340 e. The molecule has 0 radical (unpaired) electrons. The number of likely N-dealkylation sites (N-methyl/N-ethyl adjacent to an activating group) is 1. The number of amides is 2. The molecule has 0 saturated carbocycles. The minimum absolute atomic E-state index is 0.119. The van der Waals surface area contributed by atoms with E-state index in [2.05, 4.69) is 4.90 Å². The molecule has 0 N–H and O–H groups in total. The van der Waals surface area contributed by atoms with E-state index in [4.69, 9.17) is 11.6 Å². The highest BCUT2D eigenvalue weighted by Gasteiger charge is 2.43. The fraction of sp³-hybridized carbons (Fsp3) is 0.417. The van der Waals surface area contributed by atoms with Gasteiger partial charge in [0, 0.05) is 55.8 Å². The Hall–Kier alpha value is -2.58. The van der Waals surface area contributed by atoms with Gasteiger partial charge in [-0.15, -0.1) is 0 Å². The van der Waals surface area contributed by atoms with Crippen molar-refractivity contribution >= 4 is 23.4 Å². The number of carbonyl (C=O) groups is 2. The standard InChI is InChI=1S/C24H25ClF3N3O2/c1-29-8-10-30(11-9-29)23(33)21-15-31(22(32)17-5-3-7-19(25)13-17)14-20(21)16-4-2-6-18(12-16)24(26,27)28/h2-7,12-13,20-21H,8-11,14-15H2,1H3/t20-,21+/m0/s1. The van der Waals surface area contributed by atoms with Gasteiger partial charge in [-0.05, 0) is 36.9 Å². The van der Waals surface area contributed by atoms with Crippen LogP contribution in [-0.4, -0.2) is 72.8 Å². The molecule has 2 aromatic rings. The molecule has 9 heteroatoms. The molecule has 0 aliphatic carbocycles. The van der Waals surface area contributed by atoms with Crippen molar-refractivity contribution in [2.45, 2.75) is 12.1 Å². The fourth-order valence-electron chi connectivity index (χ4n) is 4.57. The van der Waals surface area contributed by atoms with Crippen LogP contribution in [0.1, 0.15) is 27.4 Å². The zero-order valence-corrected chi connectivity index (χ0v) is 18.9. The smallest absolute Gasteiger partial charge is 0.340 e. The van der Waals surface area contributed by atoms with Crippen molar-refractivity contribution in [2.24, 2.45) is 5.92 Å². The second-order valence-corrected chi connectivity index (χ2v) is 9.12. The average Bonchev–Trinajstić information content (AvgIpc) is 3.23. The number of rotatable bonds is 3. The maximum Gasteiger partial charge on any atom is 0.416 e. The third-order valence-corrected chi connectivity index (χ3v) is 6.69. The SMILES string of the molecule is CN1CCN(C(=O)[C@@H]2CN(C(=O)c3cccc(Cl)c3)C[C@H]2c2cccc(C(F)(F)F)c2)CC1. The molecule has 0 unspecified atom stereocenters. The van der Waals surface area contributed by atoms with Gasteiger partial charge in [0.15, 0.2) is 0 Å². The predicted octanol–water partition coefficient (Wildman–Crippen LogP) is 3.99. The first-order valence-corrected chi connectivity index (χ1v) is 11.2. The second-order valence-electron chi connectivity index (χ2n) is 8.69. The van der Waals surface area contributed by atoms with Gasteiger partial charge in [-0.2, -0.15) is 13.2 Å². The van der Waals surface area contributed by atoms with Crippen molar-refractivity contribution in [3.8, 4) is 0 Å². The van der Waals surface area contributed by atoms with E-state index in [0.29, 0.717) is 29.2 Å². The number of carbonyl (C=O) groups excluding carboxylic acids is 2. The maximum absolute atomic E-state index is 13.5. The molecule has 2 heterocycles. The number of likely N-dealkylation sites (tertiary alicyclic amines) is 1. The van der Waals surface area contributed by atoms with Gasteiger partial charge in [0.2, 0.25) is 5.91 Å². The van der Waals surface area contributed by atoms with Crippen molar-refractivity contribution in [2.75, 3.05) is 46.3 Å². The fourth-order valence-corrected chi connectivity index (χ4v) is 4.76. The Bertz CT molecular complexity index is 1040. The number of hydrogen-bond donors (Lipinski definition) is 0. The molecule has 2 fully saturated rings. The van der Waals surface area contributed by atoms with Gasteiger partial charge in [-0.25, -0.2) is 0 Å². The first-order valence-electron chi connectivity index (χ1n) is 10.8. The first kappa shape index (κ1) is 23.6. The molecule has 0 bridgehead atoms. The van der Waals surface area contributed by atoms with Crippen LogP contribution in [0.15, 0.2) is 48.5 Å². The largest absolute Gasteiger partial charge is 0.416 e. The maximum atomic E-state index is 13.5. The summed E-state index contributed by atoms with van der Waals surface area (Å²) < 4.78 is 40.0. The van der Waals surface area contributed by atoms with Crippen LogP contribution >= 0.6 is 11.6 Å². The van der Waals surface area contributed by atoms with Crippen LogP contribution in [0.25, 0.3) is 0 Å². The normalized spacial score (nSPS) is 22.0. The molecule has 5 nitrogen and oxygen atoms in total. The molecule has 176 valence electrons. The Morgan fingerprint density at radius 3 is 2.30 bits per heavy atom. The van der Waals surface area contributed by atoms with Gasteiger partial charge < -0.3 is 14.7 Å². The van der Waals surface area contributed by atoms with E-state index >= 15 is 0 Å². The van der Waals surface area contributed by atoms with Gasteiger partial charge in [0.25, 0.3) is 5.91 Å². The van der Waals surface area contributed by atoms with Gasteiger partial charge in [-0.1, -0.05) is 35.9 Å². The predicted molar refractivity (Wildman–Crippen MR) is 119 cm³/mol. The van der Waals surface area contributed by atoms with Crippen molar-refractivity contribution < 1.29 is 22.8 Å². The molecule has 0 spiro atoms. The Balaban J connectivity index is 1.64. The first-order chi connectivity index (χ1) is 15.6. The van der Waals surface area contributed by atoms with Crippen LogP contribution in [0.2, 0.25) is 5.02 Å². The lowest BCUT2D eigenvalue weighted by molar-refractivity contribution is -0.137. The van der Waals surface area contributed by atoms with Crippen molar-refractivity contribution in [1.29, 1.82) is 0 Å². The van der Waals surface area contributed by atoms with E-state index in [1.54, 1.807) is 40.1 Å². The van der Waals surface area contributed by atoms with E-state index in [9.17, 15) is 22.8 Å². The molecular formula is C24H25ClF3N3O2. The van der Waals surface area contributed by atoms with Gasteiger partial charge in [-0.3, -0.25) is 9.59 Å². The zero-order chi connectivity index (χ0) is 23.8. The lowest BCUT2D eigenvalue weighted by Gasteiger charge is -2.35. The topological polar surface area (TPSA) is 43.9 Å². The quantitative estimate of drug-likeness (QED) is 0.668. The van der Waals surface area contributed by atoms with E-state index in [0.717, 1.165) is 25.2 Å². The van der Waals surface area contributed by atoms with Crippen LogP contribution < -0.4 is 0 Å². The Morgan fingerprint density at radius 1 is 0.939 bits per heavy atom. The summed E-state index contributed by atoms with van der Waals surface area (Å²) in [6.45, 7) is 2.90. The molecule has 33 heavy (non-hydrogen) atoms. The molecule has 0 aromatic heterocycles. The van der Waals surface area contributed by atoms with Crippen LogP contribution in [0, 0.1) is 5.92 Å². The number of benzene rings is 2. The van der Waals surface area contributed by atoms with E-state index in [-0.39, 0.29) is 24.9 Å². The number of alkyl halides is 3. The molecule has 2 aliphatic heterocycles. The summed E-state index contributed by atoms with van der Waals surface area (Å²) in [4.78, 5) is 32.0. The van der Waals surface area contributed by atoms with Gasteiger partial charge in [0.1, 0.15) is 0 Å². The zero-order valence-electron chi connectivity index (χ0n) is 18.2. The average molecular weight is 480 g/mol. The van der Waals surface area contributed by atoms with Crippen LogP contribution in [0.5, 0.6) is 0 Å². The highest BCUT2D eigenvalue weighted by Crippen LogP contribution is 2.38. The summed E-state index contributed by atoms with van der Waals surface area (Å²) in [6, 6.07) is 11.6. The van der Waals surface area contributed by atoms with Crippen LogP contribution in [-0.2, 0) is 11.0 Å². The summed E-state index contributed by atoms with van der Waals surface area (Å²) in [5.74, 6) is -1.54. The molecule has 2 saturated heterocycles. The number of halogens is 4. The molecular weight excluding hydrogens is 455 g/mol. The highest BCUT2D eigenvalue weighted by atomic mass is 35.5. The number of nitrogens with zero attached hydrogens (tertiary/aromatic N) is 3. The molecule has 4 rings (SSSR count). The Labute approximate surface area is 195 Å². The molecule has 2 atom stereocenters. The third-order valence-electron chi connectivity index (χ3n) is 6.45. The van der Waals surface area contributed by atoms with Crippen LogP contribution in [0.4, 0.5) is 13.2 Å². The highest BCUT2D eigenvalue weighted by molar-refractivity contribution is 6.30. The minimum atomic E-state index is -4.48.